The average Bonchev–Trinajstić information content (AvgIpc) is 3.08. The van der Waals surface area contributed by atoms with Gasteiger partial charge in [-0.2, -0.15) is 0 Å². The first kappa shape index (κ1) is 24.3. The van der Waals surface area contributed by atoms with Gasteiger partial charge in [0.25, 0.3) is 0 Å². The van der Waals surface area contributed by atoms with Crippen LogP contribution in [0.25, 0.3) is 10.9 Å². The summed E-state index contributed by atoms with van der Waals surface area (Å²) < 4.78 is 26.7. The molecule has 10 heteroatoms. The lowest BCUT2D eigenvalue weighted by Crippen LogP contribution is -2.48. The molecule has 2 bridgehead atoms. The predicted octanol–water partition coefficient (Wildman–Crippen LogP) is 6.08. The summed E-state index contributed by atoms with van der Waals surface area (Å²) in [6.07, 6.45) is 4.57. The summed E-state index contributed by atoms with van der Waals surface area (Å²) >= 11 is 11.9. The van der Waals surface area contributed by atoms with E-state index in [0.717, 1.165) is 12.0 Å². The molecular formula is C26H23Cl2FN4O3. The number of hydrogen-bond donors (Lipinski definition) is 1. The largest absolute Gasteiger partial charge is 0.493 e. The van der Waals surface area contributed by atoms with E-state index in [4.69, 9.17) is 32.7 Å². The highest BCUT2D eigenvalue weighted by atomic mass is 35.5. The number of halogens is 3. The number of fused-ring (bicyclic) bond motifs is 3. The number of amides is 1. The molecule has 0 saturated carbocycles. The number of methoxy groups -OCH3 is 1. The Morgan fingerprint density at radius 2 is 2.06 bits per heavy atom. The number of carbonyl (C=O) groups is 1. The van der Waals surface area contributed by atoms with Crippen molar-refractivity contribution >= 4 is 51.5 Å². The summed E-state index contributed by atoms with van der Waals surface area (Å²) in [7, 11) is 1.55. The Bertz CT molecular complexity index is 1400. The summed E-state index contributed by atoms with van der Waals surface area (Å²) in [6.45, 7) is 7.79. The lowest BCUT2D eigenvalue weighted by molar-refractivity contribution is -0.131. The number of hydrogen-bond acceptors (Lipinski definition) is 6. The number of carbonyl (C=O) groups excluding carboxylic acids is 1. The summed E-state index contributed by atoms with van der Waals surface area (Å²) in [5, 5.41) is 3.52. The zero-order valence-electron chi connectivity index (χ0n) is 19.4. The highest BCUT2D eigenvalue weighted by Gasteiger charge is 2.45. The molecule has 36 heavy (non-hydrogen) atoms. The van der Waals surface area contributed by atoms with Gasteiger partial charge in [0, 0.05) is 30.3 Å². The third-order valence-corrected chi connectivity index (χ3v) is 7.43. The van der Waals surface area contributed by atoms with Gasteiger partial charge in [-0.3, -0.25) is 4.79 Å². The lowest BCUT2D eigenvalue weighted by Gasteiger charge is -2.38. The van der Waals surface area contributed by atoms with E-state index in [1.807, 2.05) is 4.90 Å². The number of ether oxygens (including phenoxy) is 2. The van der Waals surface area contributed by atoms with E-state index in [2.05, 4.69) is 28.4 Å². The molecule has 1 aromatic heterocycles. The van der Waals surface area contributed by atoms with Gasteiger partial charge in [-0.1, -0.05) is 41.9 Å². The van der Waals surface area contributed by atoms with Crippen molar-refractivity contribution in [2.45, 2.75) is 37.5 Å². The highest BCUT2D eigenvalue weighted by Crippen LogP contribution is 2.42. The zero-order chi connectivity index (χ0) is 25.6. The van der Waals surface area contributed by atoms with Gasteiger partial charge in [0.2, 0.25) is 5.91 Å². The van der Waals surface area contributed by atoms with Crippen LogP contribution < -0.4 is 14.8 Å². The van der Waals surface area contributed by atoms with Crippen molar-refractivity contribution in [3.63, 3.8) is 0 Å². The van der Waals surface area contributed by atoms with Gasteiger partial charge in [0.1, 0.15) is 18.2 Å². The summed E-state index contributed by atoms with van der Waals surface area (Å²) in [6, 6.07) is 6.41. The minimum atomic E-state index is -0.683. The van der Waals surface area contributed by atoms with Crippen molar-refractivity contribution in [1.82, 2.24) is 14.9 Å². The van der Waals surface area contributed by atoms with Crippen LogP contribution in [0.1, 0.15) is 19.3 Å². The first-order valence-corrected chi connectivity index (χ1v) is 12.1. The Morgan fingerprint density at radius 3 is 2.78 bits per heavy atom. The minimum Gasteiger partial charge on any atom is -0.493 e. The van der Waals surface area contributed by atoms with Crippen LogP contribution >= 0.6 is 23.2 Å². The zero-order valence-corrected chi connectivity index (χ0v) is 20.9. The van der Waals surface area contributed by atoms with Crippen molar-refractivity contribution in [3.05, 3.63) is 71.3 Å². The van der Waals surface area contributed by atoms with Crippen LogP contribution in [0, 0.1) is 5.82 Å². The fraction of sp³-hybridized carbons (Fsp3) is 0.269. The van der Waals surface area contributed by atoms with Crippen LogP contribution in [0.2, 0.25) is 10.0 Å². The SMILES string of the molecule is C=CC(=O)N1[C@H]2CC(=C)[C@@H]1C[C@@H](Oc1cc3c(Nc4ccc(Cl)c(Cl)c4F)ncnc3cc1OC)C2. The van der Waals surface area contributed by atoms with E-state index in [1.54, 1.807) is 19.2 Å². The molecule has 186 valence electrons. The number of benzene rings is 2. The Labute approximate surface area is 217 Å². The van der Waals surface area contributed by atoms with Crippen LogP contribution in [0.5, 0.6) is 11.5 Å². The number of anilines is 2. The average molecular weight is 529 g/mol. The number of piperidine rings is 1. The standard InChI is InChI=1S/C26H23Cl2FN4O3/c1-4-23(34)33-14-7-13(2)20(33)9-15(8-14)36-22-10-16-19(11-21(22)35-3)30-12-31-26(16)32-18-6-5-17(27)24(28)25(18)29/h4-6,10-12,14-15,20H,1-2,7-9H2,3H3,(H,30,31,32)/t14-,15-,20-/m0/s1. The van der Waals surface area contributed by atoms with Crippen LogP contribution in [0.15, 0.2) is 55.4 Å². The lowest BCUT2D eigenvalue weighted by atomic mass is 9.98. The van der Waals surface area contributed by atoms with E-state index in [0.29, 0.717) is 41.1 Å². The molecule has 0 unspecified atom stereocenters. The van der Waals surface area contributed by atoms with E-state index < -0.39 is 5.82 Å². The Hall–Kier alpha value is -3.36. The Balaban J connectivity index is 1.46. The van der Waals surface area contributed by atoms with Crippen LogP contribution in [0.4, 0.5) is 15.9 Å². The molecule has 2 aliphatic heterocycles. The van der Waals surface area contributed by atoms with E-state index in [1.165, 1.54) is 24.5 Å². The molecular weight excluding hydrogens is 506 g/mol. The van der Waals surface area contributed by atoms with Gasteiger partial charge in [-0.25, -0.2) is 14.4 Å². The van der Waals surface area contributed by atoms with Crippen molar-refractivity contribution in [2.75, 3.05) is 12.4 Å². The van der Waals surface area contributed by atoms with E-state index in [9.17, 15) is 9.18 Å². The van der Waals surface area contributed by atoms with Crippen molar-refractivity contribution < 1.29 is 18.7 Å². The van der Waals surface area contributed by atoms with Crippen LogP contribution in [0.3, 0.4) is 0 Å². The van der Waals surface area contributed by atoms with Crippen molar-refractivity contribution in [1.29, 1.82) is 0 Å². The second-order valence-corrected chi connectivity index (χ2v) is 9.57. The monoisotopic (exact) mass is 528 g/mol. The molecule has 5 rings (SSSR count). The summed E-state index contributed by atoms with van der Waals surface area (Å²) in [5.74, 6) is 0.592. The maximum absolute atomic E-state index is 14.7. The second-order valence-electron chi connectivity index (χ2n) is 8.78. The van der Waals surface area contributed by atoms with Crippen molar-refractivity contribution in [2.24, 2.45) is 0 Å². The maximum Gasteiger partial charge on any atom is 0.246 e. The molecule has 3 aromatic rings. The maximum atomic E-state index is 14.7. The Morgan fingerprint density at radius 1 is 1.25 bits per heavy atom. The van der Waals surface area contributed by atoms with Crippen molar-refractivity contribution in [3.8, 4) is 11.5 Å². The molecule has 2 aromatic carbocycles. The van der Waals surface area contributed by atoms with Gasteiger partial charge in [0.05, 0.1) is 34.4 Å². The number of aromatic nitrogens is 2. The van der Waals surface area contributed by atoms with Gasteiger partial charge in [-0.15, -0.1) is 0 Å². The third kappa shape index (κ3) is 4.24. The molecule has 3 heterocycles. The van der Waals surface area contributed by atoms with Gasteiger partial charge >= 0.3 is 0 Å². The van der Waals surface area contributed by atoms with Gasteiger partial charge in [0.15, 0.2) is 17.3 Å². The molecule has 7 nitrogen and oxygen atoms in total. The first-order chi connectivity index (χ1) is 17.3. The molecule has 0 spiro atoms. The number of nitrogens with one attached hydrogen (secondary N) is 1. The van der Waals surface area contributed by atoms with Gasteiger partial charge in [-0.05, 0) is 30.7 Å². The summed E-state index contributed by atoms with van der Waals surface area (Å²) in [5.41, 5.74) is 1.73. The topological polar surface area (TPSA) is 76.6 Å². The number of nitrogens with zero attached hydrogens (tertiary/aromatic N) is 3. The predicted molar refractivity (Wildman–Crippen MR) is 138 cm³/mol. The van der Waals surface area contributed by atoms with Gasteiger partial charge < -0.3 is 19.7 Å². The molecule has 0 aliphatic carbocycles. The summed E-state index contributed by atoms with van der Waals surface area (Å²) in [4.78, 5) is 22.9. The van der Waals surface area contributed by atoms with Crippen LogP contribution in [-0.2, 0) is 4.79 Å². The Kier molecular flexibility index (Phi) is 6.49. The highest BCUT2D eigenvalue weighted by molar-refractivity contribution is 6.42. The van der Waals surface area contributed by atoms with E-state index >= 15 is 0 Å². The third-order valence-electron chi connectivity index (χ3n) is 6.65. The fourth-order valence-corrected chi connectivity index (χ4v) is 5.30. The first-order valence-electron chi connectivity index (χ1n) is 11.3. The fourth-order valence-electron chi connectivity index (χ4n) is 4.99. The smallest absolute Gasteiger partial charge is 0.246 e. The molecule has 1 amide bonds. The number of rotatable bonds is 6. The molecule has 2 saturated heterocycles. The minimum absolute atomic E-state index is 0.0105. The molecule has 0 radical (unpaired) electrons. The second kappa shape index (κ2) is 9.59. The quantitative estimate of drug-likeness (QED) is 0.237. The van der Waals surface area contributed by atoms with Crippen LogP contribution in [-0.4, -0.2) is 46.1 Å². The molecule has 1 N–H and O–H groups in total. The normalized spacial score (nSPS) is 20.9. The molecule has 3 atom stereocenters. The molecule has 2 aliphatic rings. The van der Waals surface area contributed by atoms with E-state index in [-0.39, 0.29) is 39.8 Å². The molecule has 2 fully saturated rings.